The molecule has 0 N–H and O–H groups in total. The number of hydrogen-bond acceptors (Lipinski definition) is 5. The number of hydrogen-bond donors (Lipinski definition) is 0. The van der Waals surface area contributed by atoms with Crippen molar-refractivity contribution < 1.29 is 22.6 Å². The molecule has 0 amide bonds. The van der Waals surface area contributed by atoms with Crippen LogP contribution in [-0.4, -0.2) is 23.4 Å². The second kappa shape index (κ2) is 9.51. The molecule has 1 aromatic heterocycles. The molecule has 1 heterocycles. The van der Waals surface area contributed by atoms with E-state index in [1.54, 1.807) is 33.3 Å². The fourth-order valence-electron chi connectivity index (χ4n) is 3.19. The van der Waals surface area contributed by atoms with E-state index in [2.05, 4.69) is 10.2 Å². The molecule has 164 valence electrons. The van der Waals surface area contributed by atoms with Crippen LogP contribution in [-0.2, 0) is 17.3 Å². The van der Waals surface area contributed by atoms with Gasteiger partial charge in [0.15, 0.2) is 0 Å². The van der Waals surface area contributed by atoms with E-state index in [0.29, 0.717) is 15.6 Å². The zero-order valence-electron chi connectivity index (χ0n) is 17.7. The maximum absolute atomic E-state index is 13.6. The van der Waals surface area contributed by atoms with Crippen LogP contribution in [0, 0.1) is 0 Å². The molecule has 0 aliphatic rings. The van der Waals surface area contributed by atoms with Gasteiger partial charge in [0.1, 0.15) is 15.8 Å². The van der Waals surface area contributed by atoms with E-state index in [9.17, 15) is 13.2 Å². The summed E-state index contributed by atoms with van der Waals surface area (Å²) in [5.41, 5.74) is 2.49. The van der Waals surface area contributed by atoms with Crippen molar-refractivity contribution in [3.8, 4) is 26.9 Å². The standard InChI is InChI=1S/C23H23F3N2O2S/c1-5-17-15(11-12-29-4)7-6-8-18(17)22-28-27-21(31-22)16-9-10-20(30-14(2)3)19(13-16)23(24,25)26/h6-14H,5H2,1-4H3. The first-order chi connectivity index (χ1) is 14.7. The summed E-state index contributed by atoms with van der Waals surface area (Å²) in [5.74, 6) is -0.193. The quantitative estimate of drug-likeness (QED) is 0.371. The zero-order valence-corrected chi connectivity index (χ0v) is 18.5. The van der Waals surface area contributed by atoms with Gasteiger partial charge in [0.25, 0.3) is 0 Å². The van der Waals surface area contributed by atoms with Gasteiger partial charge in [0, 0.05) is 11.1 Å². The van der Waals surface area contributed by atoms with E-state index in [1.807, 2.05) is 31.2 Å². The van der Waals surface area contributed by atoms with Crippen molar-refractivity contribution in [1.29, 1.82) is 0 Å². The lowest BCUT2D eigenvalue weighted by molar-refractivity contribution is -0.139. The van der Waals surface area contributed by atoms with Gasteiger partial charge in [-0.3, -0.25) is 0 Å². The highest BCUT2D eigenvalue weighted by Gasteiger charge is 2.35. The second-order valence-electron chi connectivity index (χ2n) is 7.05. The molecule has 0 saturated carbocycles. The van der Waals surface area contributed by atoms with Crippen molar-refractivity contribution in [1.82, 2.24) is 10.2 Å². The van der Waals surface area contributed by atoms with Crippen LogP contribution in [0.5, 0.6) is 5.75 Å². The minimum absolute atomic E-state index is 0.193. The third kappa shape index (κ3) is 5.25. The predicted octanol–water partition coefficient (Wildman–Crippen LogP) is 6.86. The van der Waals surface area contributed by atoms with Crippen LogP contribution < -0.4 is 4.74 Å². The van der Waals surface area contributed by atoms with Crippen molar-refractivity contribution in [3.05, 3.63) is 59.4 Å². The maximum Gasteiger partial charge on any atom is 0.419 e. The van der Waals surface area contributed by atoms with Gasteiger partial charge in [-0.25, -0.2) is 0 Å². The third-order valence-corrected chi connectivity index (χ3v) is 5.51. The summed E-state index contributed by atoms with van der Waals surface area (Å²) >= 11 is 1.25. The van der Waals surface area contributed by atoms with Crippen molar-refractivity contribution in [2.45, 2.75) is 39.5 Å². The van der Waals surface area contributed by atoms with Crippen LogP contribution >= 0.6 is 11.3 Å². The van der Waals surface area contributed by atoms with Gasteiger partial charge in [0.2, 0.25) is 0 Å². The highest BCUT2D eigenvalue weighted by Crippen LogP contribution is 2.40. The van der Waals surface area contributed by atoms with Crippen LogP contribution in [0.3, 0.4) is 0 Å². The molecule has 0 atom stereocenters. The van der Waals surface area contributed by atoms with Gasteiger partial charge in [-0.1, -0.05) is 36.5 Å². The normalized spacial score (nSPS) is 12.0. The van der Waals surface area contributed by atoms with E-state index >= 15 is 0 Å². The molecule has 0 aliphatic heterocycles. The molecule has 31 heavy (non-hydrogen) atoms. The minimum Gasteiger partial charge on any atom is -0.504 e. The first-order valence-electron chi connectivity index (χ1n) is 9.78. The Morgan fingerprint density at radius 3 is 2.48 bits per heavy atom. The maximum atomic E-state index is 13.6. The molecule has 0 fully saturated rings. The number of aromatic nitrogens is 2. The second-order valence-corrected chi connectivity index (χ2v) is 8.03. The number of benzene rings is 2. The van der Waals surface area contributed by atoms with Crippen molar-refractivity contribution in [2.75, 3.05) is 7.11 Å². The predicted molar refractivity (Wildman–Crippen MR) is 117 cm³/mol. The van der Waals surface area contributed by atoms with E-state index in [-0.39, 0.29) is 11.9 Å². The van der Waals surface area contributed by atoms with Crippen molar-refractivity contribution >= 4 is 17.4 Å². The Bertz CT molecular complexity index is 1070. The molecule has 2 aromatic carbocycles. The smallest absolute Gasteiger partial charge is 0.419 e. The number of ether oxygens (including phenoxy) is 2. The van der Waals surface area contributed by atoms with Gasteiger partial charge in [-0.05, 0) is 55.7 Å². The molecule has 0 unspecified atom stereocenters. The Morgan fingerprint density at radius 1 is 1.10 bits per heavy atom. The molecule has 0 aliphatic carbocycles. The lowest BCUT2D eigenvalue weighted by atomic mass is 9.99. The Hall–Kier alpha value is -2.87. The Kier molecular flexibility index (Phi) is 7.00. The summed E-state index contributed by atoms with van der Waals surface area (Å²) in [4.78, 5) is 0. The van der Waals surface area contributed by atoms with E-state index in [4.69, 9.17) is 9.47 Å². The molecular weight excluding hydrogens is 425 g/mol. The largest absolute Gasteiger partial charge is 0.504 e. The number of halogens is 3. The van der Waals surface area contributed by atoms with Gasteiger partial charge in [0.05, 0.1) is 25.0 Å². The van der Waals surface area contributed by atoms with E-state index < -0.39 is 11.7 Å². The summed E-state index contributed by atoms with van der Waals surface area (Å²) in [7, 11) is 1.58. The summed E-state index contributed by atoms with van der Waals surface area (Å²) in [6, 6.07) is 9.81. The van der Waals surface area contributed by atoms with Crippen LogP contribution in [0.15, 0.2) is 42.7 Å². The van der Waals surface area contributed by atoms with E-state index in [1.165, 1.54) is 17.4 Å². The highest BCUT2D eigenvalue weighted by atomic mass is 32.1. The molecular formula is C23H23F3N2O2S. The van der Waals surface area contributed by atoms with Gasteiger partial charge >= 0.3 is 6.18 Å². The first kappa shape index (κ1) is 22.8. The average Bonchev–Trinajstić information content (AvgIpc) is 3.21. The highest BCUT2D eigenvalue weighted by molar-refractivity contribution is 7.17. The number of rotatable bonds is 7. The van der Waals surface area contributed by atoms with E-state index in [0.717, 1.165) is 29.2 Å². The van der Waals surface area contributed by atoms with Crippen LogP contribution in [0.1, 0.15) is 37.5 Å². The molecule has 8 heteroatoms. The summed E-state index contributed by atoms with van der Waals surface area (Å²) < 4.78 is 51.1. The Labute approximate surface area is 183 Å². The first-order valence-corrected chi connectivity index (χ1v) is 10.6. The summed E-state index contributed by atoms with van der Waals surface area (Å²) in [6.07, 6.45) is -0.678. The minimum atomic E-state index is -4.54. The summed E-state index contributed by atoms with van der Waals surface area (Å²) in [6.45, 7) is 5.41. The van der Waals surface area contributed by atoms with Crippen molar-refractivity contribution in [2.24, 2.45) is 0 Å². The molecule has 0 spiro atoms. The number of alkyl halides is 3. The molecule has 0 radical (unpaired) electrons. The summed E-state index contributed by atoms with van der Waals surface area (Å²) in [5, 5.41) is 9.48. The Balaban J connectivity index is 2.03. The topological polar surface area (TPSA) is 44.2 Å². The molecule has 0 saturated heterocycles. The van der Waals surface area contributed by atoms with Crippen LogP contribution in [0.4, 0.5) is 13.2 Å². The fraction of sp³-hybridized carbons (Fsp3) is 0.304. The number of methoxy groups -OCH3 is 1. The number of nitrogens with zero attached hydrogens (tertiary/aromatic N) is 2. The SMILES string of the molecule is CCc1c(C=COC)cccc1-c1nnc(-c2ccc(OC(C)C)c(C(F)(F)F)c2)s1. The lowest BCUT2D eigenvalue weighted by Crippen LogP contribution is -2.13. The molecule has 0 bridgehead atoms. The van der Waals surface area contributed by atoms with Gasteiger partial charge in [-0.15, -0.1) is 10.2 Å². The Morgan fingerprint density at radius 2 is 1.84 bits per heavy atom. The molecule has 4 nitrogen and oxygen atoms in total. The average molecular weight is 449 g/mol. The van der Waals surface area contributed by atoms with Crippen LogP contribution in [0.2, 0.25) is 0 Å². The fourth-order valence-corrected chi connectivity index (χ4v) is 4.08. The van der Waals surface area contributed by atoms with Crippen molar-refractivity contribution in [3.63, 3.8) is 0 Å². The van der Waals surface area contributed by atoms with Gasteiger partial charge in [-0.2, -0.15) is 13.2 Å². The van der Waals surface area contributed by atoms with Crippen LogP contribution in [0.25, 0.3) is 27.2 Å². The zero-order chi connectivity index (χ0) is 22.6. The molecule has 3 aromatic rings. The van der Waals surface area contributed by atoms with Gasteiger partial charge < -0.3 is 9.47 Å². The monoisotopic (exact) mass is 448 g/mol. The third-order valence-electron chi connectivity index (χ3n) is 4.50. The lowest BCUT2D eigenvalue weighted by Gasteiger charge is -2.16. The molecule has 3 rings (SSSR count).